The van der Waals surface area contributed by atoms with Crippen LogP contribution in [0.15, 0.2) is 39.5 Å². The van der Waals surface area contributed by atoms with Gasteiger partial charge in [-0.05, 0) is 26.0 Å². The number of hydrogen-bond donors (Lipinski definition) is 1. The summed E-state index contributed by atoms with van der Waals surface area (Å²) < 4.78 is 5.87. The highest BCUT2D eigenvalue weighted by molar-refractivity contribution is 5.76. The van der Waals surface area contributed by atoms with Gasteiger partial charge in [-0.3, -0.25) is 9.69 Å². The second kappa shape index (κ2) is 5.38. The standard InChI is InChI=1S/C16H20N2O2/c1-11-9-18(12(2)8-17-11)10-13-7-15(19)14-5-3-4-6-16(14)20-13/h3-7,11-12,17H,8-10H2,1-2H3. The third-order valence-electron chi connectivity index (χ3n) is 3.94. The highest BCUT2D eigenvalue weighted by atomic mass is 16.3. The van der Waals surface area contributed by atoms with Crippen LogP contribution in [0.1, 0.15) is 19.6 Å². The first-order valence-electron chi connectivity index (χ1n) is 7.12. The summed E-state index contributed by atoms with van der Waals surface area (Å²) in [6.07, 6.45) is 0. The monoisotopic (exact) mass is 272 g/mol. The van der Waals surface area contributed by atoms with E-state index in [2.05, 4.69) is 24.1 Å². The predicted molar refractivity (Wildman–Crippen MR) is 79.8 cm³/mol. The maximum atomic E-state index is 12.1. The van der Waals surface area contributed by atoms with E-state index in [4.69, 9.17) is 4.42 Å². The molecule has 0 bridgehead atoms. The molecule has 0 saturated carbocycles. The molecule has 1 aromatic heterocycles. The molecule has 1 aromatic carbocycles. The topological polar surface area (TPSA) is 45.5 Å². The summed E-state index contributed by atoms with van der Waals surface area (Å²) in [5, 5.41) is 4.11. The SMILES string of the molecule is CC1CN(Cc2cc(=O)c3ccccc3o2)C(C)CN1. The molecule has 20 heavy (non-hydrogen) atoms. The molecule has 0 aliphatic carbocycles. The van der Waals surface area contributed by atoms with Gasteiger partial charge >= 0.3 is 0 Å². The molecule has 4 nitrogen and oxygen atoms in total. The van der Waals surface area contributed by atoms with E-state index < -0.39 is 0 Å². The van der Waals surface area contributed by atoms with Crippen molar-refractivity contribution in [3.05, 3.63) is 46.3 Å². The Morgan fingerprint density at radius 2 is 2.15 bits per heavy atom. The van der Waals surface area contributed by atoms with Crippen molar-refractivity contribution in [1.82, 2.24) is 10.2 Å². The number of benzene rings is 1. The third-order valence-corrected chi connectivity index (χ3v) is 3.94. The number of nitrogens with one attached hydrogen (secondary N) is 1. The van der Waals surface area contributed by atoms with E-state index in [0.717, 1.165) is 18.8 Å². The lowest BCUT2D eigenvalue weighted by Crippen LogP contribution is -2.53. The molecular formula is C16H20N2O2. The molecule has 2 aromatic rings. The highest BCUT2D eigenvalue weighted by Crippen LogP contribution is 2.16. The number of fused-ring (bicyclic) bond motifs is 1. The average Bonchev–Trinajstić information content (AvgIpc) is 2.43. The second-order valence-corrected chi connectivity index (χ2v) is 5.66. The summed E-state index contributed by atoms with van der Waals surface area (Å²) in [4.78, 5) is 14.5. The van der Waals surface area contributed by atoms with Crippen LogP contribution in [0.25, 0.3) is 11.0 Å². The van der Waals surface area contributed by atoms with Crippen molar-refractivity contribution < 1.29 is 4.42 Å². The number of hydrogen-bond acceptors (Lipinski definition) is 4. The summed E-state index contributed by atoms with van der Waals surface area (Å²) in [6, 6.07) is 9.96. The maximum Gasteiger partial charge on any atom is 0.192 e. The van der Waals surface area contributed by atoms with E-state index in [1.54, 1.807) is 12.1 Å². The maximum absolute atomic E-state index is 12.1. The van der Waals surface area contributed by atoms with Crippen molar-refractivity contribution in [3.63, 3.8) is 0 Å². The fourth-order valence-corrected chi connectivity index (χ4v) is 2.75. The van der Waals surface area contributed by atoms with Crippen molar-refractivity contribution >= 4 is 11.0 Å². The molecule has 1 aliphatic rings. The zero-order valence-electron chi connectivity index (χ0n) is 11.9. The Morgan fingerprint density at radius 3 is 3.00 bits per heavy atom. The Bertz CT molecular complexity index is 665. The van der Waals surface area contributed by atoms with Gasteiger partial charge in [0.25, 0.3) is 0 Å². The summed E-state index contributed by atoms with van der Waals surface area (Å²) in [5.74, 6) is 0.745. The summed E-state index contributed by atoms with van der Waals surface area (Å²) in [7, 11) is 0. The normalized spacial score (nSPS) is 24.1. The first kappa shape index (κ1) is 13.3. The molecule has 4 heteroatoms. The van der Waals surface area contributed by atoms with Gasteiger partial charge in [-0.15, -0.1) is 0 Å². The van der Waals surface area contributed by atoms with Gasteiger partial charge in [0, 0.05) is 31.2 Å². The Labute approximate surface area is 118 Å². The van der Waals surface area contributed by atoms with Gasteiger partial charge < -0.3 is 9.73 Å². The summed E-state index contributed by atoms with van der Waals surface area (Å²) in [5.41, 5.74) is 0.712. The van der Waals surface area contributed by atoms with Crippen LogP contribution in [-0.2, 0) is 6.54 Å². The van der Waals surface area contributed by atoms with Gasteiger partial charge in [-0.25, -0.2) is 0 Å². The van der Waals surface area contributed by atoms with Crippen LogP contribution in [0.2, 0.25) is 0 Å². The van der Waals surface area contributed by atoms with Gasteiger partial charge in [-0.1, -0.05) is 12.1 Å². The van der Waals surface area contributed by atoms with Crippen LogP contribution in [0.4, 0.5) is 0 Å². The van der Waals surface area contributed by atoms with E-state index in [1.165, 1.54) is 0 Å². The number of piperazine rings is 1. The van der Waals surface area contributed by atoms with Crippen LogP contribution in [0, 0.1) is 0 Å². The van der Waals surface area contributed by atoms with Crippen molar-refractivity contribution in [2.75, 3.05) is 13.1 Å². The number of nitrogens with zero attached hydrogens (tertiary/aromatic N) is 1. The average molecular weight is 272 g/mol. The van der Waals surface area contributed by atoms with Gasteiger partial charge in [0.2, 0.25) is 0 Å². The zero-order valence-corrected chi connectivity index (χ0v) is 11.9. The van der Waals surface area contributed by atoms with Crippen molar-refractivity contribution in [2.24, 2.45) is 0 Å². The lowest BCUT2D eigenvalue weighted by molar-refractivity contribution is 0.129. The molecule has 0 spiro atoms. The lowest BCUT2D eigenvalue weighted by atomic mass is 10.1. The molecular weight excluding hydrogens is 252 g/mol. The Kier molecular flexibility index (Phi) is 3.59. The molecule has 2 heterocycles. The molecule has 106 valence electrons. The molecule has 0 radical (unpaired) electrons. The second-order valence-electron chi connectivity index (χ2n) is 5.66. The molecule has 1 N–H and O–H groups in total. The smallest absolute Gasteiger partial charge is 0.192 e. The summed E-state index contributed by atoms with van der Waals surface area (Å²) >= 11 is 0. The Hall–Kier alpha value is -1.65. The molecule has 1 saturated heterocycles. The van der Waals surface area contributed by atoms with E-state index in [1.807, 2.05) is 18.2 Å². The Morgan fingerprint density at radius 1 is 1.35 bits per heavy atom. The minimum absolute atomic E-state index is 0.0395. The zero-order chi connectivity index (χ0) is 14.1. The predicted octanol–water partition coefficient (Wildman–Crippen LogP) is 1.98. The van der Waals surface area contributed by atoms with Crippen LogP contribution >= 0.6 is 0 Å². The minimum Gasteiger partial charge on any atom is -0.459 e. The minimum atomic E-state index is 0.0395. The molecule has 1 fully saturated rings. The van der Waals surface area contributed by atoms with Crippen molar-refractivity contribution in [1.29, 1.82) is 0 Å². The van der Waals surface area contributed by atoms with E-state index in [-0.39, 0.29) is 5.43 Å². The first-order chi connectivity index (χ1) is 9.63. The fourth-order valence-electron chi connectivity index (χ4n) is 2.75. The van der Waals surface area contributed by atoms with Crippen molar-refractivity contribution in [2.45, 2.75) is 32.5 Å². The van der Waals surface area contributed by atoms with Gasteiger partial charge in [-0.2, -0.15) is 0 Å². The van der Waals surface area contributed by atoms with Gasteiger partial charge in [0.05, 0.1) is 11.9 Å². The number of para-hydroxylation sites is 1. The van der Waals surface area contributed by atoms with Crippen molar-refractivity contribution in [3.8, 4) is 0 Å². The first-order valence-corrected chi connectivity index (χ1v) is 7.12. The molecule has 2 unspecified atom stereocenters. The van der Waals surface area contributed by atoms with E-state index >= 15 is 0 Å². The lowest BCUT2D eigenvalue weighted by Gasteiger charge is -2.37. The van der Waals surface area contributed by atoms with Crippen LogP contribution in [0.5, 0.6) is 0 Å². The highest BCUT2D eigenvalue weighted by Gasteiger charge is 2.23. The van der Waals surface area contributed by atoms with E-state index in [9.17, 15) is 4.79 Å². The fraction of sp³-hybridized carbons (Fsp3) is 0.438. The molecule has 2 atom stereocenters. The Balaban J connectivity index is 1.89. The molecule has 0 amide bonds. The van der Waals surface area contributed by atoms with Gasteiger partial charge in [0.15, 0.2) is 5.43 Å². The molecule has 3 rings (SSSR count). The number of rotatable bonds is 2. The van der Waals surface area contributed by atoms with Crippen LogP contribution < -0.4 is 10.7 Å². The quantitative estimate of drug-likeness (QED) is 0.908. The summed E-state index contributed by atoms with van der Waals surface area (Å²) in [6.45, 7) is 7.00. The van der Waals surface area contributed by atoms with Crippen LogP contribution in [0.3, 0.4) is 0 Å². The van der Waals surface area contributed by atoms with Gasteiger partial charge in [0.1, 0.15) is 11.3 Å². The third kappa shape index (κ3) is 2.62. The van der Waals surface area contributed by atoms with E-state index in [0.29, 0.717) is 29.6 Å². The van der Waals surface area contributed by atoms with Crippen LogP contribution in [-0.4, -0.2) is 30.1 Å². The molecule has 1 aliphatic heterocycles. The largest absolute Gasteiger partial charge is 0.459 e.